The Labute approximate surface area is 260 Å². The summed E-state index contributed by atoms with van der Waals surface area (Å²) in [6.45, 7) is 9.62. The first kappa shape index (κ1) is 40.9. The van der Waals surface area contributed by atoms with Crippen LogP contribution in [0.25, 0.3) is 0 Å². The predicted octanol–water partition coefficient (Wildman–Crippen LogP) is 10.3. The first-order valence-electron chi connectivity index (χ1n) is 18.0. The molecule has 6 heteroatoms. The maximum absolute atomic E-state index is 12.5. The van der Waals surface area contributed by atoms with Gasteiger partial charge in [-0.2, -0.15) is 0 Å². The van der Waals surface area contributed by atoms with Crippen LogP contribution < -0.4 is 0 Å². The molecule has 0 aliphatic carbocycles. The van der Waals surface area contributed by atoms with Crippen molar-refractivity contribution in [3.63, 3.8) is 0 Å². The first-order chi connectivity index (χ1) is 20.5. The molecular weight excluding hydrogens is 528 g/mol. The molecule has 0 saturated carbocycles. The Morgan fingerprint density at radius 3 is 1.33 bits per heavy atom. The molecule has 0 bridgehead atoms. The molecule has 0 aromatic heterocycles. The van der Waals surface area contributed by atoms with E-state index in [1.165, 1.54) is 116 Å². The standard InChI is InChI=1S/C36H70O6/c1-5-7-9-11-13-15-17-19-21-23-25-27-35(37)41-32-34(31-39-29-30-40-33(3)4)42-36(38)28-26-24-22-20-18-16-14-12-10-8-6-2/h33-34H,5-32H2,1-4H3. The normalized spacial score (nSPS) is 12.1. The van der Waals surface area contributed by atoms with E-state index in [1.807, 2.05) is 13.8 Å². The van der Waals surface area contributed by atoms with E-state index in [-0.39, 0.29) is 31.3 Å². The third-order valence-corrected chi connectivity index (χ3v) is 7.68. The van der Waals surface area contributed by atoms with Gasteiger partial charge in [0.25, 0.3) is 0 Å². The van der Waals surface area contributed by atoms with Crippen molar-refractivity contribution < 1.29 is 28.5 Å². The minimum Gasteiger partial charge on any atom is -0.462 e. The fraction of sp³-hybridized carbons (Fsp3) is 0.944. The van der Waals surface area contributed by atoms with Crippen molar-refractivity contribution in [1.29, 1.82) is 0 Å². The van der Waals surface area contributed by atoms with Gasteiger partial charge in [-0.1, -0.05) is 142 Å². The van der Waals surface area contributed by atoms with E-state index in [2.05, 4.69) is 13.8 Å². The summed E-state index contributed by atoms with van der Waals surface area (Å²) < 4.78 is 22.3. The number of hydrogen-bond acceptors (Lipinski definition) is 6. The number of unbranched alkanes of at least 4 members (excludes halogenated alkanes) is 20. The first-order valence-corrected chi connectivity index (χ1v) is 18.0. The molecule has 1 unspecified atom stereocenters. The third-order valence-electron chi connectivity index (χ3n) is 7.68. The molecule has 0 rings (SSSR count). The van der Waals surface area contributed by atoms with Gasteiger partial charge in [-0.3, -0.25) is 9.59 Å². The van der Waals surface area contributed by atoms with Crippen molar-refractivity contribution in [2.24, 2.45) is 0 Å². The Morgan fingerprint density at radius 1 is 0.500 bits per heavy atom. The van der Waals surface area contributed by atoms with Crippen molar-refractivity contribution in [1.82, 2.24) is 0 Å². The van der Waals surface area contributed by atoms with E-state index in [9.17, 15) is 9.59 Å². The molecule has 0 aromatic carbocycles. The molecule has 0 saturated heterocycles. The Bertz CT molecular complexity index is 579. The second-order valence-corrected chi connectivity index (χ2v) is 12.4. The molecule has 1 atom stereocenters. The summed E-state index contributed by atoms with van der Waals surface area (Å²) in [5, 5.41) is 0. The SMILES string of the molecule is CCCCCCCCCCCCCC(=O)OCC(COCCOC(C)C)OC(=O)CCCCCCCCCCCCC. The van der Waals surface area contributed by atoms with Crippen LogP contribution in [-0.2, 0) is 28.5 Å². The molecule has 0 aliphatic heterocycles. The molecule has 0 spiro atoms. The Morgan fingerprint density at radius 2 is 0.905 bits per heavy atom. The van der Waals surface area contributed by atoms with Gasteiger partial charge in [-0.15, -0.1) is 0 Å². The Balaban J connectivity index is 4.07. The molecular formula is C36H70O6. The second-order valence-electron chi connectivity index (χ2n) is 12.4. The average molecular weight is 599 g/mol. The van der Waals surface area contributed by atoms with E-state index in [4.69, 9.17) is 18.9 Å². The fourth-order valence-corrected chi connectivity index (χ4v) is 5.04. The minimum atomic E-state index is -0.578. The Hall–Kier alpha value is -1.14. The van der Waals surface area contributed by atoms with E-state index < -0.39 is 6.10 Å². The molecule has 0 radical (unpaired) electrons. The molecule has 0 aliphatic rings. The van der Waals surface area contributed by atoms with Crippen LogP contribution in [0.1, 0.15) is 182 Å². The summed E-state index contributed by atoms with van der Waals surface area (Å²) in [5.41, 5.74) is 0. The van der Waals surface area contributed by atoms with Crippen LogP contribution in [0, 0.1) is 0 Å². The summed E-state index contributed by atoms with van der Waals surface area (Å²) in [6, 6.07) is 0. The quantitative estimate of drug-likeness (QED) is 0.0553. The third kappa shape index (κ3) is 31.8. The van der Waals surface area contributed by atoms with Crippen molar-refractivity contribution >= 4 is 11.9 Å². The second kappa shape index (κ2) is 32.8. The van der Waals surface area contributed by atoms with Crippen LogP contribution >= 0.6 is 0 Å². The fourth-order valence-electron chi connectivity index (χ4n) is 5.04. The molecule has 0 amide bonds. The zero-order valence-electron chi connectivity index (χ0n) is 28.4. The lowest BCUT2D eigenvalue weighted by Crippen LogP contribution is -2.30. The zero-order chi connectivity index (χ0) is 30.9. The van der Waals surface area contributed by atoms with Gasteiger partial charge in [-0.05, 0) is 26.7 Å². The van der Waals surface area contributed by atoms with E-state index in [1.54, 1.807) is 0 Å². The van der Waals surface area contributed by atoms with Gasteiger partial charge in [0.1, 0.15) is 6.61 Å². The number of ether oxygens (including phenoxy) is 4. The van der Waals surface area contributed by atoms with Gasteiger partial charge in [0, 0.05) is 12.8 Å². The zero-order valence-corrected chi connectivity index (χ0v) is 28.4. The summed E-state index contributed by atoms with van der Waals surface area (Å²) in [5.74, 6) is -0.458. The molecule has 0 fully saturated rings. The number of rotatable bonds is 33. The van der Waals surface area contributed by atoms with E-state index in [0.29, 0.717) is 26.1 Å². The highest BCUT2D eigenvalue weighted by Gasteiger charge is 2.17. The van der Waals surface area contributed by atoms with Gasteiger partial charge >= 0.3 is 11.9 Å². The molecule has 42 heavy (non-hydrogen) atoms. The minimum absolute atomic E-state index is 0.0475. The molecule has 0 N–H and O–H groups in total. The van der Waals surface area contributed by atoms with Crippen molar-refractivity contribution in [3.8, 4) is 0 Å². The van der Waals surface area contributed by atoms with Gasteiger partial charge < -0.3 is 18.9 Å². The maximum Gasteiger partial charge on any atom is 0.306 e. The van der Waals surface area contributed by atoms with Gasteiger partial charge in [0.05, 0.1) is 25.9 Å². The number of esters is 2. The molecule has 0 aromatic rings. The van der Waals surface area contributed by atoms with Crippen LogP contribution in [0.15, 0.2) is 0 Å². The summed E-state index contributed by atoms with van der Waals surface area (Å²) in [7, 11) is 0. The number of carbonyl (C=O) groups is 2. The highest BCUT2D eigenvalue weighted by molar-refractivity contribution is 5.70. The van der Waals surface area contributed by atoms with Gasteiger partial charge in [0.15, 0.2) is 6.10 Å². The van der Waals surface area contributed by atoms with Crippen molar-refractivity contribution in [2.45, 2.75) is 194 Å². The predicted molar refractivity (Wildman–Crippen MR) is 175 cm³/mol. The lowest BCUT2D eigenvalue weighted by Gasteiger charge is -2.18. The average Bonchev–Trinajstić information content (AvgIpc) is 2.97. The monoisotopic (exact) mass is 599 g/mol. The van der Waals surface area contributed by atoms with Crippen LogP contribution in [0.5, 0.6) is 0 Å². The highest BCUT2D eigenvalue weighted by atomic mass is 16.6. The lowest BCUT2D eigenvalue weighted by molar-refractivity contribution is -0.163. The van der Waals surface area contributed by atoms with Crippen molar-refractivity contribution in [3.05, 3.63) is 0 Å². The van der Waals surface area contributed by atoms with Crippen molar-refractivity contribution in [2.75, 3.05) is 26.4 Å². The lowest BCUT2D eigenvalue weighted by atomic mass is 10.1. The molecule has 0 heterocycles. The van der Waals surface area contributed by atoms with Crippen LogP contribution in [0.2, 0.25) is 0 Å². The number of hydrogen-bond donors (Lipinski definition) is 0. The topological polar surface area (TPSA) is 71.1 Å². The highest BCUT2D eigenvalue weighted by Crippen LogP contribution is 2.14. The molecule has 250 valence electrons. The summed E-state index contributed by atoms with van der Waals surface area (Å²) in [6.07, 6.45) is 27.7. The number of carbonyl (C=O) groups excluding carboxylic acids is 2. The smallest absolute Gasteiger partial charge is 0.306 e. The van der Waals surface area contributed by atoms with Crippen LogP contribution in [-0.4, -0.2) is 50.6 Å². The largest absolute Gasteiger partial charge is 0.462 e. The Kier molecular flexibility index (Phi) is 31.9. The van der Waals surface area contributed by atoms with Crippen LogP contribution in [0.3, 0.4) is 0 Å². The van der Waals surface area contributed by atoms with E-state index in [0.717, 1.165) is 25.7 Å². The summed E-state index contributed by atoms with van der Waals surface area (Å²) >= 11 is 0. The summed E-state index contributed by atoms with van der Waals surface area (Å²) in [4.78, 5) is 24.8. The molecule has 6 nitrogen and oxygen atoms in total. The van der Waals surface area contributed by atoms with Gasteiger partial charge in [0.2, 0.25) is 0 Å². The van der Waals surface area contributed by atoms with Gasteiger partial charge in [-0.25, -0.2) is 0 Å². The van der Waals surface area contributed by atoms with E-state index >= 15 is 0 Å². The maximum atomic E-state index is 12.5. The van der Waals surface area contributed by atoms with Crippen LogP contribution in [0.4, 0.5) is 0 Å².